The number of aliphatic hydroxyl groups excluding tert-OH is 5. The SMILES string of the molecule is COc1cc(O[C@@H]2O[C@H](CO[C@@H]3OC[C@](O)(CO)[C@H]3O)[C@@H](O)[C@H](O)[C@H]2O)cc(O)c1OC. The Kier molecular flexibility index (Phi) is 7.65. The van der Waals surface area contributed by atoms with Crippen LogP contribution in [0.2, 0.25) is 0 Å². The number of phenols is 1. The molecule has 2 aliphatic heterocycles. The van der Waals surface area contributed by atoms with E-state index >= 15 is 0 Å². The number of benzene rings is 1. The Morgan fingerprint density at radius 2 is 1.75 bits per heavy atom. The largest absolute Gasteiger partial charge is 0.504 e. The van der Waals surface area contributed by atoms with Crippen molar-refractivity contribution in [1.82, 2.24) is 0 Å². The summed E-state index contributed by atoms with van der Waals surface area (Å²) in [6, 6.07) is 2.54. The van der Waals surface area contributed by atoms with Gasteiger partial charge in [-0.3, -0.25) is 0 Å². The van der Waals surface area contributed by atoms with Crippen molar-refractivity contribution < 1.29 is 64.2 Å². The highest BCUT2D eigenvalue weighted by atomic mass is 16.7. The highest BCUT2D eigenvalue weighted by Crippen LogP contribution is 2.41. The summed E-state index contributed by atoms with van der Waals surface area (Å²) in [7, 11) is 2.68. The van der Waals surface area contributed by atoms with Crippen LogP contribution in [0.4, 0.5) is 0 Å². The van der Waals surface area contributed by atoms with E-state index in [0.29, 0.717) is 0 Å². The number of hydrogen-bond acceptors (Lipinski definition) is 13. The number of aliphatic hydroxyl groups is 6. The second-order valence-corrected chi connectivity index (χ2v) is 7.53. The van der Waals surface area contributed by atoms with E-state index in [1.165, 1.54) is 26.4 Å². The van der Waals surface area contributed by atoms with Gasteiger partial charge in [-0.1, -0.05) is 0 Å². The second kappa shape index (κ2) is 9.91. The molecule has 8 atom stereocenters. The standard InChI is InChI=1S/C19H28O13/c1-27-10-4-8(3-9(21)15(10)28-2)31-17-14(24)13(23)12(22)11(32-17)5-29-18-16(25)19(26,6-20)7-30-18/h3-4,11-14,16-18,20-26H,5-7H2,1-2H3/t11-,12-,13+,14-,16+,17-,18-,19-/m1/s1. The number of phenolic OH excluding ortho intramolecular Hbond substituents is 1. The molecular weight excluding hydrogens is 436 g/mol. The molecule has 182 valence electrons. The van der Waals surface area contributed by atoms with Crippen LogP contribution in [0.15, 0.2) is 12.1 Å². The fourth-order valence-corrected chi connectivity index (χ4v) is 3.40. The lowest BCUT2D eigenvalue weighted by Gasteiger charge is -2.40. The van der Waals surface area contributed by atoms with Crippen LogP contribution in [0.1, 0.15) is 0 Å². The molecule has 2 fully saturated rings. The lowest BCUT2D eigenvalue weighted by molar-refractivity contribution is -0.289. The predicted molar refractivity (Wildman–Crippen MR) is 102 cm³/mol. The molecule has 0 saturated carbocycles. The van der Waals surface area contributed by atoms with Crippen molar-refractivity contribution in [3.8, 4) is 23.0 Å². The second-order valence-electron chi connectivity index (χ2n) is 7.53. The summed E-state index contributed by atoms with van der Waals surface area (Å²) in [5.41, 5.74) is -1.90. The van der Waals surface area contributed by atoms with Crippen LogP contribution in [-0.2, 0) is 14.2 Å². The topological polar surface area (TPSA) is 197 Å². The zero-order valence-corrected chi connectivity index (χ0v) is 17.4. The molecule has 0 aromatic heterocycles. The summed E-state index contributed by atoms with van der Waals surface area (Å²) in [5, 5.41) is 70.0. The minimum absolute atomic E-state index is 0.00927. The van der Waals surface area contributed by atoms with Crippen molar-refractivity contribution in [3.63, 3.8) is 0 Å². The number of methoxy groups -OCH3 is 2. The van der Waals surface area contributed by atoms with Crippen LogP contribution < -0.4 is 14.2 Å². The molecule has 0 spiro atoms. The highest BCUT2D eigenvalue weighted by molar-refractivity contribution is 5.55. The van der Waals surface area contributed by atoms with Crippen molar-refractivity contribution in [2.45, 2.75) is 48.7 Å². The molecule has 0 bridgehead atoms. The van der Waals surface area contributed by atoms with Gasteiger partial charge in [0.1, 0.15) is 41.9 Å². The van der Waals surface area contributed by atoms with Crippen LogP contribution in [0, 0.1) is 0 Å². The Morgan fingerprint density at radius 1 is 1.03 bits per heavy atom. The minimum Gasteiger partial charge on any atom is -0.504 e. The van der Waals surface area contributed by atoms with Gasteiger partial charge in [-0.2, -0.15) is 0 Å². The predicted octanol–water partition coefficient (Wildman–Crippen LogP) is -2.95. The van der Waals surface area contributed by atoms with Crippen molar-refractivity contribution in [1.29, 1.82) is 0 Å². The Bertz CT molecular complexity index is 776. The van der Waals surface area contributed by atoms with Gasteiger partial charge in [0.2, 0.25) is 12.0 Å². The Labute approximate surface area is 182 Å². The van der Waals surface area contributed by atoms with E-state index in [1.807, 2.05) is 0 Å². The molecule has 3 rings (SSSR count). The third-order valence-electron chi connectivity index (χ3n) is 5.36. The van der Waals surface area contributed by atoms with E-state index in [0.717, 1.165) is 0 Å². The molecule has 0 aliphatic carbocycles. The van der Waals surface area contributed by atoms with Gasteiger partial charge in [-0.25, -0.2) is 0 Å². The van der Waals surface area contributed by atoms with Gasteiger partial charge >= 0.3 is 0 Å². The lowest BCUT2D eigenvalue weighted by Crippen LogP contribution is -2.60. The van der Waals surface area contributed by atoms with E-state index < -0.39 is 61.9 Å². The summed E-state index contributed by atoms with van der Waals surface area (Å²) < 4.78 is 31.6. The van der Waals surface area contributed by atoms with E-state index in [2.05, 4.69) is 0 Å². The van der Waals surface area contributed by atoms with Gasteiger partial charge in [0.05, 0.1) is 34.0 Å². The third kappa shape index (κ3) is 4.71. The first-order valence-corrected chi connectivity index (χ1v) is 9.71. The molecule has 2 heterocycles. The average Bonchev–Trinajstić information content (AvgIpc) is 3.07. The van der Waals surface area contributed by atoms with Gasteiger partial charge in [0.25, 0.3) is 0 Å². The number of rotatable bonds is 8. The van der Waals surface area contributed by atoms with Crippen LogP contribution in [0.25, 0.3) is 0 Å². The normalized spacial score (nSPS) is 37.3. The zero-order chi connectivity index (χ0) is 23.6. The minimum atomic E-state index is -1.90. The Balaban J connectivity index is 1.69. The van der Waals surface area contributed by atoms with E-state index in [-0.39, 0.29) is 29.6 Å². The fraction of sp³-hybridized carbons (Fsp3) is 0.684. The smallest absolute Gasteiger partial charge is 0.229 e. The van der Waals surface area contributed by atoms with Gasteiger partial charge in [0.15, 0.2) is 17.8 Å². The van der Waals surface area contributed by atoms with Crippen molar-refractivity contribution in [2.75, 3.05) is 34.0 Å². The average molecular weight is 464 g/mol. The first kappa shape index (κ1) is 24.7. The van der Waals surface area contributed by atoms with Gasteiger partial charge in [-0.05, 0) is 0 Å². The molecule has 0 unspecified atom stereocenters. The fourth-order valence-electron chi connectivity index (χ4n) is 3.40. The van der Waals surface area contributed by atoms with E-state index in [1.54, 1.807) is 0 Å². The van der Waals surface area contributed by atoms with Crippen LogP contribution >= 0.6 is 0 Å². The first-order chi connectivity index (χ1) is 15.1. The third-order valence-corrected chi connectivity index (χ3v) is 5.36. The van der Waals surface area contributed by atoms with Gasteiger partial charge < -0.3 is 64.2 Å². The summed E-state index contributed by atoms with van der Waals surface area (Å²) in [5.74, 6) is -0.104. The van der Waals surface area contributed by atoms with Crippen molar-refractivity contribution in [2.24, 2.45) is 0 Å². The summed E-state index contributed by atoms with van der Waals surface area (Å²) >= 11 is 0. The number of ether oxygens (including phenoxy) is 6. The molecule has 1 aromatic carbocycles. The molecule has 32 heavy (non-hydrogen) atoms. The zero-order valence-electron chi connectivity index (χ0n) is 17.4. The maximum Gasteiger partial charge on any atom is 0.229 e. The van der Waals surface area contributed by atoms with Crippen LogP contribution in [0.5, 0.6) is 23.0 Å². The molecule has 13 heteroatoms. The van der Waals surface area contributed by atoms with E-state index in [4.69, 9.17) is 28.4 Å². The number of aromatic hydroxyl groups is 1. The molecular formula is C19H28O13. The Hall–Kier alpha value is -1.94. The lowest BCUT2D eigenvalue weighted by atomic mass is 9.99. The highest BCUT2D eigenvalue weighted by Gasteiger charge is 2.50. The molecule has 0 radical (unpaired) electrons. The number of hydrogen-bond donors (Lipinski definition) is 7. The summed E-state index contributed by atoms with van der Waals surface area (Å²) in [6.45, 7) is -1.56. The molecule has 7 N–H and O–H groups in total. The molecule has 13 nitrogen and oxygen atoms in total. The maximum atomic E-state index is 10.3. The monoisotopic (exact) mass is 464 g/mol. The molecule has 2 aliphatic rings. The Morgan fingerprint density at radius 3 is 2.34 bits per heavy atom. The maximum absolute atomic E-state index is 10.3. The molecule has 0 amide bonds. The molecule has 1 aromatic rings. The van der Waals surface area contributed by atoms with E-state index in [9.17, 15) is 35.7 Å². The summed E-state index contributed by atoms with van der Waals surface area (Å²) in [6.07, 6.45) is -10.5. The van der Waals surface area contributed by atoms with Gasteiger partial charge in [-0.15, -0.1) is 0 Å². The molecule has 2 saturated heterocycles. The van der Waals surface area contributed by atoms with Crippen molar-refractivity contribution in [3.05, 3.63) is 12.1 Å². The first-order valence-electron chi connectivity index (χ1n) is 9.71. The quantitative estimate of drug-likeness (QED) is 0.206. The van der Waals surface area contributed by atoms with Gasteiger partial charge in [0, 0.05) is 12.1 Å². The van der Waals surface area contributed by atoms with Crippen molar-refractivity contribution >= 4 is 0 Å². The van der Waals surface area contributed by atoms with Crippen LogP contribution in [0.3, 0.4) is 0 Å². The van der Waals surface area contributed by atoms with Crippen LogP contribution in [-0.4, -0.2) is 118 Å². The summed E-state index contributed by atoms with van der Waals surface area (Å²) in [4.78, 5) is 0.